The zero-order chi connectivity index (χ0) is 18.5. The summed E-state index contributed by atoms with van der Waals surface area (Å²) in [7, 11) is -3.77. The number of hydrogen-bond acceptors (Lipinski definition) is 3. The lowest BCUT2D eigenvalue weighted by Crippen LogP contribution is -2.38. The fourth-order valence-electron chi connectivity index (χ4n) is 5.00. The van der Waals surface area contributed by atoms with Crippen LogP contribution in [0.5, 0.6) is 0 Å². The van der Waals surface area contributed by atoms with Gasteiger partial charge in [0.15, 0.2) is 0 Å². The third-order valence-electron chi connectivity index (χ3n) is 6.81. The summed E-state index contributed by atoms with van der Waals surface area (Å²) >= 11 is 0. The van der Waals surface area contributed by atoms with Crippen LogP contribution in [0.4, 0.5) is 5.69 Å². The number of nitrogens with two attached hydrogens (primary N) is 1. The highest BCUT2D eigenvalue weighted by Crippen LogP contribution is 2.44. The number of anilines is 1. The van der Waals surface area contributed by atoms with E-state index >= 15 is 0 Å². The van der Waals surface area contributed by atoms with Gasteiger partial charge in [0.05, 0.1) is 4.90 Å². The van der Waals surface area contributed by atoms with Gasteiger partial charge in [0.2, 0.25) is 15.9 Å². The molecule has 1 amide bonds. The molecule has 2 saturated carbocycles. The quantitative estimate of drug-likeness (QED) is 0.878. The molecule has 1 unspecified atom stereocenters. The number of benzene rings is 1. The minimum atomic E-state index is -3.77. The maximum absolute atomic E-state index is 13.2. The first-order valence-corrected chi connectivity index (χ1v) is 11.4. The molecule has 0 spiro atoms. The Balaban J connectivity index is 1.51. The molecule has 6 heteroatoms. The van der Waals surface area contributed by atoms with Crippen LogP contribution in [0.1, 0.15) is 63.4 Å². The van der Waals surface area contributed by atoms with Crippen molar-refractivity contribution in [3.8, 4) is 0 Å². The van der Waals surface area contributed by atoms with Gasteiger partial charge < -0.3 is 4.90 Å². The third kappa shape index (κ3) is 3.18. The number of carbonyl (C=O) groups excluding carboxylic acids is 1. The van der Waals surface area contributed by atoms with Gasteiger partial charge >= 0.3 is 0 Å². The number of amides is 1. The third-order valence-corrected chi connectivity index (χ3v) is 7.72. The lowest BCUT2D eigenvalue weighted by molar-refractivity contribution is -0.123. The molecule has 0 bridgehead atoms. The maximum Gasteiger partial charge on any atom is 0.238 e. The van der Waals surface area contributed by atoms with Crippen molar-refractivity contribution < 1.29 is 13.2 Å². The SMILES string of the molecule is CC1CN(C(=O)C2CCC(C3CCC3)CC2)c2cc(S(N)(=O)=O)ccc21. The number of primary sulfonamides is 1. The van der Waals surface area contributed by atoms with Crippen LogP contribution in [0.25, 0.3) is 0 Å². The fraction of sp³-hybridized carbons (Fsp3) is 0.650. The molecule has 142 valence electrons. The number of hydrogen-bond donors (Lipinski definition) is 1. The normalized spacial score (nSPS) is 29.3. The van der Waals surface area contributed by atoms with Crippen LogP contribution in [0.15, 0.2) is 23.1 Å². The van der Waals surface area contributed by atoms with Gasteiger partial charge in [-0.3, -0.25) is 4.79 Å². The van der Waals surface area contributed by atoms with Crippen LogP contribution in [-0.4, -0.2) is 20.9 Å². The maximum atomic E-state index is 13.2. The second kappa shape index (κ2) is 6.64. The van der Waals surface area contributed by atoms with E-state index in [1.807, 2.05) is 4.90 Å². The van der Waals surface area contributed by atoms with Gasteiger partial charge in [0.25, 0.3) is 0 Å². The highest BCUT2D eigenvalue weighted by molar-refractivity contribution is 7.89. The Bertz CT molecular complexity index is 808. The molecule has 2 N–H and O–H groups in total. The molecule has 1 aromatic rings. The highest BCUT2D eigenvalue weighted by atomic mass is 32.2. The molecule has 0 aromatic heterocycles. The van der Waals surface area contributed by atoms with E-state index in [0.29, 0.717) is 6.54 Å². The Hall–Kier alpha value is -1.40. The van der Waals surface area contributed by atoms with Crippen molar-refractivity contribution in [2.75, 3.05) is 11.4 Å². The number of carbonyl (C=O) groups is 1. The summed E-state index contributed by atoms with van der Waals surface area (Å²) in [5.74, 6) is 2.16. The molecule has 2 fully saturated rings. The summed E-state index contributed by atoms with van der Waals surface area (Å²) in [6.45, 7) is 2.71. The fourth-order valence-corrected chi connectivity index (χ4v) is 5.53. The molecule has 1 aromatic carbocycles. The molecule has 4 rings (SSSR count). The lowest BCUT2D eigenvalue weighted by atomic mass is 9.68. The zero-order valence-corrected chi connectivity index (χ0v) is 16.2. The van der Waals surface area contributed by atoms with Crippen LogP contribution in [0, 0.1) is 17.8 Å². The van der Waals surface area contributed by atoms with Crippen LogP contribution < -0.4 is 10.0 Å². The monoisotopic (exact) mass is 376 g/mol. The van der Waals surface area contributed by atoms with Crippen LogP contribution in [-0.2, 0) is 14.8 Å². The summed E-state index contributed by atoms with van der Waals surface area (Å²) in [5.41, 5.74) is 1.77. The summed E-state index contributed by atoms with van der Waals surface area (Å²) in [6, 6.07) is 4.93. The first kappa shape index (κ1) is 18.0. The van der Waals surface area contributed by atoms with Gasteiger partial charge in [-0.25, -0.2) is 13.6 Å². The molecular weight excluding hydrogens is 348 g/mol. The van der Waals surface area contributed by atoms with Crippen LogP contribution in [0.2, 0.25) is 0 Å². The van der Waals surface area contributed by atoms with Crippen molar-refractivity contribution in [3.63, 3.8) is 0 Å². The summed E-state index contributed by atoms with van der Waals surface area (Å²) in [5, 5.41) is 5.28. The highest BCUT2D eigenvalue weighted by Gasteiger charge is 2.38. The van der Waals surface area contributed by atoms with Crippen LogP contribution in [0.3, 0.4) is 0 Å². The standard InChI is InChI=1S/C20H28N2O3S/c1-13-12-22(19-11-17(26(21,24)25)9-10-18(13)19)20(23)16-7-5-15(6-8-16)14-3-2-4-14/h9-11,13-16H,2-8,12H2,1H3,(H2,21,24,25). The Morgan fingerprint density at radius 3 is 2.31 bits per heavy atom. The Morgan fingerprint density at radius 2 is 1.73 bits per heavy atom. The Labute approximate surface area is 156 Å². The lowest BCUT2D eigenvalue weighted by Gasteiger charge is -2.38. The average molecular weight is 377 g/mol. The molecule has 3 aliphatic rings. The molecule has 1 atom stereocenters. The minimum absolute atomic E-state index is 0.0719. The van der Waals surface area contributed by atoms with E-state index in [-0.39, 0.29) is 22.6 Å². The number of fused-ring (bicyclic) bond motifs is 1. The smallest absolute Gasteiger partial charge is 0.238 e. The Morgan fingerprint density at radius 1 is 1.08 bits per heavy atom. The molecule has 2 aliphatic carbocycles. The predicted octanol–water partition coefficient (Wildman–Crippen LogP) is 3.39. The van der Waals surface area contributed by atoms with E-state index in [9.17, 15) is 13.2 Å². The Kier molecular flexibility index (Phi) is 4.59. The van der Waals surface area contributed by atoms with Gasteiger partial charge in [-0.15, -0.1) is 0 Å². The largest absolute Gasteiger partial charge is 0.311 e. The molecule has 0 saturated heterocycles. The summed E-state index contributed by atoms with van der Waals surface area (Å²) < 4.78 is 23.4. The molecular formula is C20H28N2O3S. The summed E-state index contributed by atoms with van der Waals surface area (Å²) in [4.78, 5) is 15.1. The van der Waals surface area contributed by atoms with E-state index < -0.39 is 10.0 Å². The topological polar surface area (TPSA) is 80.5 Å². The van der Waals surface area contributed by atoms with Crippen molar-refractivity contribution in [1.82, 2.24) is 0 Å². The first-order valence-electron chi connectivity index (χ1n) is 9.82. The van der Waals surface area contributed by atoms with Gasteiger partial charge in [-0.1, -0.05) is 32.3 Å². The van der Waals surface area contributed by atoms with Crippen molar-refractivity contribution in [1.29, 1.82) is 0 Å². The van der Waals surface area contributed by atoms with E-state index in [0.717, 1.165) is 48.8 Å². The second-order valence-corrected chi connectivity index (χ2v) is 9.98. The molecule has 0 radical (unpaired) electrons. The van der Waals surface area contributed by atoms with Crippen LogP contribution >= 0.6 is 0 Å². The number of rotatable bonds is 3. The van der Waals surface area contributed by atoms with Gasteiger partial charge in [-0.05, 0) is 55.2 Å². The van der Waals surface area contributed by atoms with E-state index in [1.165, 1.54) is 19.3 Å². The summed E-state index contributed by atoms with van der Waals surface area (Å²) in [6.07, 6.45) is 8.37. The first-order chi connectivity index (χ1) is 12.3. The molecule has 5 nitrogen and oxygen atoms in total. The van der Waals surface area contributed by atoms with Crippen molar-refractivity contribution >= 4 is 21.6 Å². The predicted molar refractivity (Wildman–Crippen MR) is 101 cm³/mol. The van der Waals surface area contributed by atoms with E-state index in [1.54, 1.807) is 18.2 Å². The van der Waals surface area contributed by atoms with E-state index in [4.69, 9.17) is 5.14 Å². The van der Waals surface area contributed by atoms with Gasteiger partial charge in [-0.2, -0.15) is 0 Å². The van der Waals surface area contributed by atoms with Crippen molar-refractivity contribution in [3.05, 3.63) is 23.8 Å². The molecule has 1 heterocycles. The average Bonchev–Trinajstić information content (AvgIpc) is 2.89. The van der Waals surface area contributed by atoms with Crippen molar-refractivity contribution in [2.24, 2.45) is 22.9 Å². The number of nitrogens with zero attached hydrogens (tertiary/aromatic N) is 1. The molecule has 1 aliphatic heterocycles. The zero-order valence-electron chi connectivity index (χ0n) is 15.4. The van der Waals surface area contributed by atoms with Gasteiger partial charge in [0.1, 0.15) is 0 Å². The number of sulfonamides is 1. The van der Waals surface area contributed by atoms with Gasteiger partial charge in [0, 0.05) is 24.1 Å². The van der Waals surface area contributed by atoms with E-state index in [2.05, 4.69) is 6.92 Å². The second-order valence-electron chi connectivity index (χ2n) is 8.42. The minimum Gasteiger partial charge on any atom is -0.311 e. The molecule has 26 heavy (non-hydrogen) atoms. The van der Waals surface area contributed by atoms with Crippen molar-refractivity contribution in [2.45, 2.75) is 62.7 Å².